The van der Waals surface area contributed by atoms with E-state index in [1.807, 2.05) is 30.3 Å². The Balaban J connectivity index is 1.66. The van der Waals surface area contributed by atoms with Gasteiger partial charge in [0.25, 0.3) is 0 Å². The van der Waals surface area contributed by atoms with E-state index in [0.29, 0.717) is 30.4 Å². The Labute approximate surface area is 140 Å². The summed E-state index contributed by atoms with van der Waals surface area (Å²) in [6.07, 6.45) is 0. The second-order valence-corrected chi connectivity index (χ2v) is 5.41. The Kier molecular flexibility index (Phi) is 4.74. The van der Waals surface area contributed by atoms with Crippen molar-refractivity contribution in [2.24, 2.45) is 0 Å². The molecule has 1 heterocycles. The number of amides is 1. The molecule has 0 spiro atoms. The minimum absolute atomic E-state index is 0.158. The predicted octanol–water partition coefficient (Wildman–Crippen LogP) is 2.91. The number of rotatable bonds is 5. The maximum Gasteiger partial charge on any atom is 0.246 e. The molecule has 1 aliphatic rings. The van der Waals surface area contributed by atoms with Gasteiger partial charge >= 0.3 is 0 Å². The summed E-state index contributed by atoms with van der Waals surface area (Å²) in [5.74, 6) is 1.87. The monoisotopic (exact) mass is 328 g/mol. The van der Waals surface area contributed by atoms with Crippen LogP contribution in [0.5, 0.6) is 17.2 Å². The molecule has 1 atom stereocenters. The number of fused-ring (bicyclic) bond motifs is 1. The molecule has 0 saturated heterocycles. The van der Waals surface area contributed by atoms with Crippen LogP contribution in [0.1, 0.15) is 6.92 Å². The summed E-state index contributed by atoms with van der Waals surface area (Å²) in [5.41, 5.74) is 1.43. The van der Waals surface area contributed by atoms with Gasteiger partial charge in [0.15, 0.2) is 11.5 Å². The molecule has 3 rings (SSSR count). The lowest BCUT2D eigenvalue weighted by Gasteiger charge is -2.21. The highest BCUT2D eigenvalue weighted by atomic mass is 16.6. The van der Waals surface area contributed by atoms with E-state index in [0.717, 1.165) is 11.4 Å². The number of carbonyl (C=O) groups excluding carboxylic acids is 1. The molecule has 0 fully saturated rings. The molecule has 1 unspecified atom stereocenters. The minimum Gasteiger partial charge on any atom is -0.495 e. The van der Waals surface area contributed by atoms with Crippen molar-refractivity contribution >= 4 is 17.3 Å². The average Bonchev–Trinajstić information content (AvgIpc) is 2.62. The lowest BCUT2D eigenvalue weighted by molar-refractivity contribution is -0.116. The molecular weight excluding hydrogens is 308 g/mol. The number of anilines is 2. The zero-order valence-electron chi connectivity index (χ0n) is 13.7. The Morgan fingerprint density at radius 2 is 1.88 bits per heavy atom. The number of benzene rings is 2. The first-order chi connectivity index (χ1) is 11.7. The first-order valence-corrected chi connectivity index (χ1v) is 7.77. The van der Waals surface area contributed by atoms with Crippen molar-refractivity contribution < 1.29 is 19.0 Å². The maximum absolute atomic E-state index is 12.4. The average molecular weight is 328 g/mol. The zero-order chi connectivity index (χ0) is 16.9. The van der Waals surface area contributed by atoms with Gasteiger partial charge in [-0.15, -0.1) is 0 Å². The fourth-order valence-corrected chi connectivity index (χ4v) is 2.44. The summed E-state index contributed by atoms with van der Waals surface area (Å²) in [4.78, 5) is 12.4. The van der Waals surface area contributed by atoms with E-state index in [9.17, 15) is 4.79 Å². The second-order valence-electron chi connectivity index (χ2n) is 5.41. The van der Waals surface area contributed by atoms with Gasteiger partial charge in [0.05, 0.1) is 12.8 Å². The van der Waals surface area contributed by atoms with Gasteiger partial charge in [-0.05, 0) is 31.2 Å². The van der Waals surface area contributed by atoms with E-state index in [1.54, 1.807) is 26.2 Å². The second kappa shape index (κ2) is 7.12. The van der Waals surface area contributed by atoms with E-state index in [1.165, 1.54) is 0 Å². The molecule has 24 heavy (non-hydrogen) atoms. The van der Waals surface area contributed by atoms with Crippen LogP contribution >= 0.6 is 0 Å². The SMILES string of the molecule is COc1ccccc1NC(=O)C(C)Nc1ccc2c(c1)OCCO2. The van der Waals surface area contributed by atoms with E-state index >= 15 is 0 Å². The van der Waals surface area contributed by atoms with Crippen LogP contribution in [0.4, 0.5) is 11.4 Å². The third-order valence-corrected chi connectivity index (χ3v) is 3.68. The van der Waals surface area contributed by atoms with Crippen LogP contribution in [0.2, 0.25) is 0 Å². The summed E-state index contributed by atoms with van der Waals surface area (Å²) in [5, 5.41) is 6.02. The smallest absolute Gasteiger partial charge is 0.246 e. The van der Waals surface area contributed by atoms with E-state index in [2.05, 4.69) is 10.6 Å². The molecule has 0 radical (unpaired) electrons. The molecule has 6 heteroatoms. The van der Waals surface area contributed by atoms with Crippen molar-refractivity contribution in [3.63, 3.8) is 0 Å². The highest BCUT2D eigenvalue weighted by Crippen LogP contribution is 2.32. The largest absolute Gasteiger partial charge is 0.495 e. The number of ether oxygens (including phenoxy) is 3. The number of para-hydroxylation sites is 2. The highest BCUT2D eigenvalue weighted by molar-refractivity contribution is 5.97. The van der Waals surface area contributed by atoms with Gasteiger partial charge in [0.2, 0.25) is 5.91 Å². The molecule has 0 bridgehead atoms. The number of nitrogens with one attached hydrogen (secondary N) is 2. The molecule has 0 aromatic heterocycles. The van der Waals surface area contributed by atoms with Gasteiger partial charge in [-0.3, -0.25) is 4.79 Å². The number of hydrogen-bond donors (Lipinski definition) is 2. The molecule has 2 aromatic rings. The maximum atomic E-state index is 12.4. The van der Waals surface area contributed by atoms with Crippen molar-refractivity contribution in [2.75, 3.05) is 31.0 Å². The molecule has 2 N–H and O–H groups in total. The topological polar surface area (TPSA) is 68.8 Å². The van der Waals surface area contributed by atoms with Crippen molar-refractivity contribution in [3.05, 3.63) is 42.5 Å². The quantitative estimate of drug-likeness (QED) is 0.883. The molecule has 1 aliphatic heterocycles. The molecule has 6 nitrogen and oxygen atoms in total. The number of hydrogen-bond acceptors (Lipinski definition) is 5. The first kappa shape index (κ1) is 16.0. The summed E-state index contributed by atoms with van der Waals surface area (Å²) < 4.78 is 16.3. The first-order valence-electron chi connectivity index (χ1n) is 7.77. The Bertz CT molecular complexity index is 733. The van der Waals surface area contributed by atoms with Gasteiger partial charge in [-0.1, -0.05) is 12.1 Å². The van der Waals surface area contributed by atoms with Gasteiger partial charge in [-0.25, -0.2) is 0 Å². The van der Waals surface area contributed by atoms with Crippen LogP contribution in [0.3, 0.4) is 0 Å². The fourth-order valence-electron chi connectivity index (χ4n) is 2.44. The highest BCUT2D eigenvalue weighted by Gasteiger charge is 2.17. The van der Waals surface area contributed by atoms with Crippen molar-refractivity contribution in [1.29, 1.82) is 0 Å². The van der Waals surface area contributed by atoms with Gasteiger partial charge in [0, 0.05) is 11.8 Å². The molecule has 0 saturated carbocycles. The van der Waals surface area contributed by atoms with Crippen LogP contribution in [0, 0.1) is 0 Å². The molecule has 1 amide bonds. The predicted molar refractivity (Wildman–Crippen MR) is 92.1 cm³/mol. The number of methoxy groups -OCH3 is 1. The summed E-state index contributed by atoms with van der Waals surface area (Å²) in [6.45, 7) is 2.87. The molecule has 0 aliphatic carbocycles. The van der Waals surface area contributed by atoms with Crippen LogP contribution < -0.4 is 24.8 Å². The zero-order valence-corrected chi connectivity index (χ0v) is 13.7. The third-order valence-electron chi connectivity index (χ3n) is 3.68. The summed E-state index contributed by atoms with van der Waals surface area (Å²) in [7, 11) is 1.57. The van der Waals surface area contributed by atoms with Gasteiger partial charge < -0.3 is 24.8 Å². The number of carbonyl (C=O) groups is 1. The molecule has 2 aromatic carbocycles. The van der Waals surface area contributed by atoms with E-state index in [4.69, 9.17) is 14.2 Å². The molecular formula is C18H20N2O4. The van der Waals surface area contributed by atoms with E-state index < -0.39 is 6.04 Å². The van der Waals surface area contributed by atoms with E-state index in [-0.39, 0.29) is 5.91 Å². The van der Waals surface area contributed by atoms with Gasteiger partial charge in [0.1, 0.15) is 25.0 Å². The fraction of sp³-hybridized carbons (Fsp3) is 0.278. The van der Waals surface area contributed by atoms with Crippen molar-refractivity contribution in [3.8, 4) is 17.2 Å². The Morgan fingerprint density at radius 1 is 1.12 bits per heavy atom. The van der Waals surface area contributed by atoms with Crippen LogP contribution in [0.15, 0.2) is 42.5 Å². The summed E-state index contributed by atoms with van der Waals surface area (Å²) >= 11 is 0. The Hall–Kier alpha value is -2.89. The third kappa shape index (κ3) is 3.53. The van der Waals surface area contributed by atoms with Crippen molar-refractivity contribution in [2.45, 2.75) is 13.0 Å². The lowest BCUT2D eigenvalue weighted by Crippen LogP contribution is -2.32. The Morgan fingerprint density at radius 3 is 2.67 bits per heavy atom. The van der Waals surface area contributed by atoms with Crippen LogP contribution in [-0.2, 0) is 4.79 Å². The molecule has 126 valence electrons. The minimum atomic E-state index is -0.433. The van der Waals surface area contributed by atoms with Gasteiger partial charge in [-0.2, -0.15) is 0 Å². The van der Waals surface area contributed by atoms with Crippen molar-refractivity contribution in [1.82, 2.24) is 0 Å². The normalized spacial score (nSPS) is 13.8. The standard InChI is InChI=1S/C18H20N2O4/c1-12(18(21)20-14-5-3-4-6-15(14)22-2)19-13-7-8-16-17(11-13)24-10-9-23-16/h3-8,11-12,19H,9-10H2,1-2H3,(H,20,21). The lowest BCUT2D eigenvalue weighted by atomic mass is 10.2. The van der Waals surface area contributed by atoms with Crippen LogP contribution in [0.25, 0.3) is 0 Å². The van der Waals surface area contributed by atoms with Crippen LogP contribution in [-0.4, -0.2) is 32.3 Å². The summed E-state index contributed by atoms with van der Waals surface area (Å²) in [6, 6.07) is 12.4.